The molecule has 15 nitrogen and oxygen atoms in total. The second-order valence-electron chi connectivity index (χ2n) is 6.33. The second kappa shape index (κ2) is 9.23. The van der Waals surface area contributed by atoms with E-state index in [9.17, 15) is 23.0 Å². The van der Waals surface area contributed by atoms with Crippen LogP contribution < -0.4 is 0 Å². The first kappa shape index (κ1) is 26.0. The Morgan fingerprint density at radius 1 is 1.19 bits per heavy atom. The Hall–Kier alpha value is -0.570. The maximum atomic E-state index is 14.8. The van der Waals surface area contributed by atoms with Gasteiger partial charge in [-0.15, -0.1) is 0 Å². The van der Waals surface area contributed by atoms with Gasteiger partial charge in [0.2, 0.25) is 5.13 Å². The standard InChI is InChI=1S/C11H14Cl2FN4O11P3/c12-9-8-10(16-4-15-9)18(5-17-8)2-7-11(13,14)1-6(27-7)3-26-31(22,23)29-32(24,25)28-30(19,20)21/h4-7H,1-3H2,(H,22,23)(H,24,25)(H2,19,20,21)/t6-,7-,11+/m0/s1. The number of alkyl halides is 2. The summed E-state index contributed by atoms with van der Waals surface area (Å²) in [4.78, 5) is 47.4. The highest BCUT2D eigenvalue weighted by Crippen LogP contribution is 2.66. The summed E-state index contributed by atoms with van der Waals surface area (Å²) in [5.41, 5.74) is 0.535. The molecule has 0 spiro atoms. The van der Waals surface area contributed by atoms with Crippen molar-refractivity contribution in [1.29, 1.82) is 0 Å². The minimum Gasteiger partial charge on any atom is -0.366 e. The number of hydrogen-bond donors (Lipinski definition) is 4. The fourth-order valence-corrected chi connectivity index (χ4v) is 6.25. The van der Waals surface area contributed by atoms with Crippen LogP contribution in [0.3, 0.4) is 0 Å². The summed E-state index contributed by atoms with van der Waals surface area (Å²) >= 11 is 11.8. The largest absolute Gasteiger partial charge is 0.490 e. The topological polar surface area (TPSA) is 213 Å². The zero-order chi connectivity index (χ0) is 23.9. The lowest BCUT2D eigenvalue weighted by Crippen LogP contribution is -2.31. The molecule has 0 bridgehead atoms. The average Bonchev–Trinajstić information content (AvgIpc) is 3.12. The zero-order valence-electron chi connectivity index (χ0n) is 15.3. The third kappa shape index (κ3) is 6.73. The first-order valence-electron chi connectivity index (χ1n) is 8.20. The summed E-state index contributed by atoms with van der Waals surface area (Å²) in [6.45, 7) is -1.02. The maximum Gasteiger partial charge on any atom is 0.490 e. The van der Waals surface area contributed by atoms with Gasteiger partial charge in [0.1, 0.15) is 17.9 Å². The molecule has 0 radical (unpaired) electrons. The van der Waals surface area contributed by atoms with Gasteiger partial charge in [-0.25, -0.2) is 33.0 Å². The van der Waals surface area contributed by atoms with Crippen molar-refractivity contribution in [3.63, 3.8) is 0 Å². The highest BCUT2D eigenvalue weighted by atomic mass is 35.5. The molecule has 1 aliphatic heterocycles. The van der Waals surface area contributed by atoms with Crippen LogP contribution in [0.5, 0.6) is 0 Å². The molecule has 3 rings (SSSR count). The van der Waals surface area contributed by atoms with Crippen molar-refractivity contribution in [1.82, 2.24) is 19.5 Å². The van der Waals surface area contributed by atoms with Crippen molar-refractivity contribution in [2.24, 2.45) is 0 Å². The summed E-state index contributed by atoms with van der Waals surface area (Å²) < 4.78 is 66.9. The van der Waals surface area contributed by atoms with Crippen molar-refractivity contribution in [3.05, 3.63) is 17.8 Å². The first-order valence-corrected chi connectivity index (χ1v) is 13.5. The molecule has 0 amide bonds. The Labute approximate surface area is 187 Å². The molecule has 0 aromatic carbocycles. The van der Waals surface area contributed by atoms with Gasteiger partial charge in [0.25, 0.3) is 0 Å². The third-order valence-electron chi connectivity index (χ3n) is 3.89. The van der Waals surface area contributed by atoms with Gasteiger partial charge < -0.3 is 28.9 Å². The van der Waals surface area contributed by atoms with Gasteiger partial charge in [-0.2, -0.15) is 8.62 Å². The molecule has 2 aromatic rings. The number of rotatable bonds is 9. The molecule has 21 heteroatoms. The molecule has 5 atom stereocenters. The highest BCUT2D eigenvalue weighted by molar-refractivity contribution is 7.66. The number of aromatic nitrogens is 4. The van der Waals surface area contributed by atoms with E-state index >= 15 is 0 Å². The molecule has 4 N–H and O–H groups in total. The SMILES string of the molecule is O=P(O)(O)OP(=O)(O)OP(=O)(O)OC[C@@H]1C[C@](F)(Cl)[C@H](Cn2cnc3c(Cl)ncnc32)O1. The van der Waals surface area contributed by atoms with Gasteiger partial charge in [-0.05, 0) is 0 Å². The predicted octanol–water partition coefficient (Wildman–Crippen LogP) is 1.89. The van der Waals surface area contributed by atoms with E-state index in [4.69, 9.17) is 42.6 Å². The number of phosphoric ester groups is 1. The van der Waals surface area contributed by atoms with E-state index in [-0.39, 0.29) is 22.9 Å². The number of phosphoric acid groups is 3. The molecule has 0 aliphatic carbocycles. The third-order valence-corrected chi connectivity index (χ3v) is 8.36. The summed E-state index contributed by atoms with van der Waals surface area (Å²) in [5, 5.41) is -2.37. The molecule has 1 aliphatic rings. The van der Waals surface area contributed by atoms with Gasteiger partial charge in [0, 0.05) is 6.42 Å². The minimum absolute atomic E-state index is 0.0763. The lowest BCUT2D eigenvalue weighted by atomic mass is 10.1. The van der Waals surface area contributed by atoms with Gasteiger partial charge >= 0.3 is 23.5 Å². The quantitative estimate of drug-likeness (QED) is 0.196. The first-order chi connectivity index (χ1) is 14.6. The van der Waals surface area contributed by atoms with Crippen molar-refractivity contribution >= 4 is 57.8 Å². The molecule has 0 saturated carbocycles. The Bertz CT molecular complexity index is 1150. The van der Waals surface area contributed by atoms with E-state index in [0.717, 1.165) is 0 Å². The molecule has 32 heavy (non-hydrogen) atoms. The predicted molar refractivity (Wildman–Crippen MR) is 103 cm³/mol. The molecule has 3 heterocycles. The van der Waals surface area contributed by atoms with Crippen molar-refractivity contribution in [3.8, 4) is 0 Å². The van der Waals surface area contributed by atoms with Crippen LogP contribution in [0.15, 0.2) is 12.7 Å². The lowest BCUT2D eigenvalue weighted by molar-refractivity contribution is -0.0109. The average molecular weight is 561 g/mol. The number of ether oxygens (including phenoxy) is 1. The zero-order valence-corrected chi connectivity index (χ0v) is 19.5. The fourth-order valence-electron chi connectivity index (χ4n) is 2.73. The number of halogens is 3. The Morgan fingerprint density at radius 2 is 1.88 bits per heavy atom. The Balaban J connectivity index is 1.62. The molecule has 2 aromatic heterocycles. The van der Waals surface area contributed by atoms with Gasteiger partial charge in [0.15, 0.2) is 10.8 Å². The molecule has 1 fully saturated rings. The van der Waals surface area contributed by atoms with Crippen LogP contribution in [0, 0.1) is 0 Å². The van der Waals surface area contributed by atoms with Gasteiger partial charge in [0.05, 0.1) is 25.6 Å². The second-order valence-corrected chi connectivity index (χ2v) is 11.7. The molecular formula is C11H14Cl2FN4O11P3. The van der Waals surface area contributed by atoms with E-state index < -0.39 is 53.8 Å². The van der Waals surface area contributed by atoms with Crippen molar-refractivity contribution in [2.75, 3.05) is 6.61 Å². The van der Waals surface area contributed by atoms with Crippen LogP contribution in [0.25, 0.3) is 11.2 Å². The van der Waals surface area contributed by atoms with E-state index in [2.05, 4.69) is 28.1 Å². The summed E-state index contributed by atoms with van der Waals surface area (Å²) in [6.07, 6.45) is -0.545. The minimum atomic E-state index is -5.68. The van der Waals surface area contributed by atoms with E-state index in [1.807, 2.05) is 0 Å². The molecule has 2 unspecified atom stereocenters. The van der Waals surface area contributed by atoms with Crippen LogP contribution in [0.4, 0.5) is 4.39 Å². The highest BCUT2D eigenvalue weighted by Gasteiger charge is 2.49. The number of fused-ring (bicyclic) bond motifs is 1. The Kier molecular flexibility index (Phi) is 7.51. The van der Waals surface area contributed by atoms with Crippen LogP contribution in [-0.2, 0) is 38.1 Å². The molecule has 1 saturated heterocycles. The number of imidazole rings is 1. The van der Waals surface area contributed by atoms with Crippen LogP contribution in [-0.4, -0.2) is 63.0 Å². The van der Waals surface area contributed by atoms with Crippen molar-refractivity contribution < 1.29 is 55.5 Å². The summed E-state index contributed by atoms with van der Waals surface area (Å²) in [7, 11) is -16.6. The van der Waals surface area contributed by atoms with E-state index in [1.165, 1.54) is 17.2 Å². The molecule has 180 valence electrons. The van der Waals surface area contributed by atoms with Crippen LogP contribution in [0.1, 0.15) is 6.42 Å². The summed E-state index contributed by atoms with van der Waals surface area (Å²) in [6, 6.07) is 0. The van der Waals surface area contributed by atoms with Gasteiger partial charge in [-0.3, -0.25) is 4.52 Å². The fraction of sp³-hybridized carbons (Fsp3) is 0.545. The van der Waals surface area contributed by atoms with Gasteiger partial charge in [-0.1, -0.05) is 23.2 Å². The van der Waals surface area contributed by atoms with E-state index in [1.54, 1.807) is 0 Å². The smallest absolute Gasteiger partial charge is 0.366 e. The van der Waals surface area contributed by atoms with Crippen LogP contribution >= 0.6 is 46.7 Å². The number of nitrogens with zero attached hydrogens (tertiary/aromatic N) is 4. The molecular weight excluding hydrogens is 547 g/mol. The maximum absolute atomic E-state index is 14.8. The monoisotopic (exact) mass is 560 g/mol. The lowest BCUT2D eigenvalue weighted by Gasteiger charge is -2.19. The van der Waals surface area contributed by atoms with Crippen LogP contribution in [0.2, 0.25) is 5.15 Å². The van der Waals surface area contributed by atoms with E-state index in [0.29, 0.717) is 0 Å². The number of hydrogen-bond acceptors (Lipinski definition) is 10. The normalized spacial score (nSPS) is 28.0. The summed E-state index contributed by atoms with van der Waals surface area (Å²) in [5.74, 6) is 0. The Morgan fingerprint density at radius 3 is 2.53 bits per heavy atom. The van der Waals surface area contributed by atoms with Crippen molar-refractivity contribution in [2.45, 2.75) is 30.3 Å².